The van der Waals surface area contributed by atoms with E-state index in [1.807, 2.05) is 54.6 Å². The molecule has 1 saturated carbocycles. The number of hydrogen-bond donors (Lipinski definition) is 2. The first-order chi connectivity index (χ1) is 11.7. The molecule has 1 aromatic heterocycles. The SMILES string of the molecule is O=C(NC[C@H](O)c1ccc2ccccc2c1)[C@@H]1C[C@@H]1c1ccco1. The minimum Gasteiger partial charge on any atom is -0.469 e. The van der Waals surface area contributed by atoms with Gasteiger partial charge in [-0.3, -0.25) is 4.79 Å². The number of carbonyl (C=O) groups is 1. The Morgan fingerprint density at radius 3 is 2.79 bits per heavy atom. The summed E-state index contributed by atoms with van der Waals surface area (Å²) in [6.07, 6.45) is 1.73. The Morgan fingerprint density at radius 2 is 2.00 bits per heavy atom. The van der Waals surface area contributed by atoms with Crippen LogP contribution in [0.15, 0.2) is 65.3 Å². The molecule has 0 aliphatic heterocycles. The lowest BCUT2D eigenvalue weighted by molar-refractivity contribution is -0.122. The lowest BCUT2D eigenvalue weighted by Gasteiger charge is -2.13. The van der Waals surface area contributed by atoms with Gasteiger partial charge in [0.2, 0.25) is 5.91 Å². The van der Waals surface area contributed by atoms with Crippen molar-refractivity contribution in [3.63, 3.8) is 0 Å². The summed E-state index contributed by atoms with van der Waals surface area (Å²) in [5, 5.41) is 15.4. The molecule has 4 nitrogen and oxygen atoms in total. The second kappa shape index (κ2) is 6.13. The Kier molecular flexibility index (Phi) is 3.82. The molecule has 3 aromatic rings. The fourth-order valence-electron chi connectivity index (χ4n) is 3.16. The van der Waals surface area contributed by atoms with Crippen LogP contribution in [0.25, 0.3) is 10.8 Å². The quantitative estimate of drug-likeness (QED) is 0.757. The fraction of sp³-hybridized carbons (Fsp3) is 0.250. The number of benzene rings is 2. The van der Waals surface area contributed by atoms with Crippen molar-refractivity contribution in [1.29, 1.82) is 0 Å². The Morgan fingerprint density at radius 1 is 1.17 bits per heavy atom. The van der Waals surface area contributed by atoms with Gasteiger partial charge in [0.25, 0.3) is 0 Å². The summed E-state index contributed by atoms with van der Waals surface area (Å²) in [5.41, 5.74) is 0.812. The minimum atomic E-state index is -0.709. The van der Waals surface area contributed by atoms with Gasteiger partial charge in [0, 0.05) is 18.4 Å². The molecule has 4 heteroatoms. The molecule has 0 spiro atoms. The van der Waals surface area contributed by atoms with Gasteiger partial charge in [-0.05, 0) is 41.0 Å². The molecular weight excluding hydrogens is 302 g/mol. The molecule has 3 atom stereocenters. The van der Waals surface area contributed by atoms with E-state index in [1.165, 1.54) is 0 Å². The third kappa shape index (κ3) is 2.93. The summed E-state index contributed by atoms with van der Waals surface area (Å²) < 4.78 is 5.34. The van der Waals surface area contributed by atoms with E-state index in [0.29, 0.717) is 0 Å². The van der Waals surface area contributed by atoms with E-state index < -0.39 is 6.10 Å². The van der Waals surface area contributed by atoms with Gasteiger partial charge in [-0.25, -0.2) is 0 Å². The summed E-state index contributed by atoms with van der Waals surface area (Å²) in [4.78, 5) is 12.2. The molecule has 1 fully saturated rings. The highest BCUT2D eigenvalue weighted by molar-refractivity contribution is 5.84. The van der Waals surface area contributed by atoms with E-state index in [0.717, 1.165) is 28.5 Å². The van der Waals surface area contributed by atoms with Crippen LogP contribution in [-0.4, -0.2) is 17.6 Å². The maximum atomic E-state index is 12.2. The zero-order chi connectivity index (χ0) is 16.5. The molecule has 2 N–H and O–H groups in total. The topological polar surface area (TPSA) is 62.5 Å². The van der Waals surface area contributed by atoms with Crippen LogP contribution in [-0.2, 0) is 4.79 Å². The number of nitrogens with one attached hydrogen (secondary N) is 1. The maximum Gasteiger partial charge on any atom is 0.223 e. The van der Waals surface area contributed by atoms with Crippen molar-refractivity contribution in [2.45, 2.75) is 18.4 Å². The van der Waals surface area contributed by atoms with Gasteiger partial charge in [-0.2, -0.15) is 0 Å². The van der Waals surface area contributed by atoms with Crippen molar-refractivity contribution >= 4 is 16.7 Å². The van der Waals surface area contributed by atoms with Crippen molar-refractivity contribution in [2.24, 2.45) is 5.92 Å². The second-order valence-corrected chi connectivity index (χ2v) is 6.33. The summed E-state index contributed by atoms with van der Waals surface area (Å²) >= 11 is 0. The number of hydrogen-bond acceptors (Lipinski definition) is 3. The number of rotatable bonds is 5. The van der Waals surface area contributed by atoms with Crippen LogP contribution in [0.1, 0.15) is 29.8 Å². The van der Waals surface area contributed by atoms with E-state index in [4.69, 9.17) is 4.42 Å². The first-order valence-corrected chi connectivity index (χ1v) is 8.20. The van der Waals surface area contributed by atoms with Crippen LogP contribution in [0.5, 0.6) is 0 Å². The van der Waals surface area contributed by atoms with Gasteiger partial charge in [0.1, 0.15) is 5.76 Å². The summed E-state index contributed by atoms with van der Waals surface area (Å²) in [6.45, 7) is 0.221. The molecule has 0 radical (unpaired) electrons. The van der Waals surface area contributed by atoms with Crippen molar-refractivity contribution in [1.82, 2.24) is 5.32 Å². The number of carbonyl (C=O) groups excluding carboxylic acids is 1. The molecule has 1 aliphatic carbocycles. The minimum absolute atomic E-state index is 0.0174. The van der Waals surface area contributed by atoms with Crippen LogP contribution in [0.2, 0.25) is 0 Å². The monoisotopic (exact) mass is 321 g/mol. The number of furan rings is 1. The molecular formula is C20H19NO3. The first-order valence-electron chi connectivity index (χ1n) is 8.20. The zero-order valence-corrected chi connectivity index (χ0v) is 13.2. The van der Waals surface area contributed by atoms with Gasteiger partial charge in [0.15, 0.2) is 0 Å². The summed E-state index contributed by atoms with van der Waals surface area (Å²) in [7, 11) is 0. The average Bonchev–Trinajstić information content (AvgIpc) is 3.24. The van der Waals surface area contributed by atoms with E-state index in [2.05, 4.69) is 5.32 Å². The van der Waals surface area contributed by atoms with Crippen molar-refractivity contribution < 1.29 is 14.3 Å². The van der Waals surface area contributed by atoms with Gasteiger partial charge < -0.3 is 14.8 Å². The number of aliphatic hydroxyl groups is 1. The Balaban J connectivity index is 1.36. The predicted molar refractivity (Wildman–Crippen MR) is 91.5 cm³/mol. The van der Waals surface area contributed by atoms with Crippen LogP contribution in [0.3, 0.4) is 0 Å². The van der Waals surface area contributed by atoms with Crippen molar-refractivity contribution in [3.8, 4) is 0 Å². The van der Waals surface area contributed by atoms with E-state index in [-0.39, 0.29) is 24.3 Å². The molecule has 0 saturated heterocycles. The van der Waals surface area contributed by atoms with Gasteiger partial charge in [-0.15, -0.1) is 0 Å². The standard InChI is InChI=1S/C20H19NO3/c22-18(15-8-7-13-4-1-2-5-14(13)10-15)12-21-20(23)17-11-16(17)19-6-3-9-24-19/h1-10,16-18,22H,11-12H2,(H,21,23)/t16-,17+,18-/m0/s1. The molecule has 1 aliphatic rings. The lowest BCUT2D eigenvalue weighted by Crippen LogP contribution is -2.29. The van der Waals surface area contributed by atoms with Crippen molar-refractivity contribution in [2.75, 3.05) is 6.54 Å². The van der Waals surface area contributed by atoms with E-state index >= 15 is 0 Å². The normalized spacial score (nSPS) is 20.7. The highest BCUT2D eigenvalue weighted by Gasteiger charge is 2.45. The number of amides is 1. The summed E-state index contributed by atoms with van der Waals surface area (Å²) in [5.74, 6) is 0.985. The summed E-state index contributed by atoms with van der Waals surface area (Å²) in [6, 6.07) is 17.6. The van der Waals surface area contributed by atoms with Crippen LogP contribution in [0, 0.1) is 5.92 Å². The number of aliphatic hydroxyl groups excluding tert-OH is 1. The zero-order valence-electron chi connectivity index (χ0n) is 13.2. The Bertz CT molecular complexity index is 856. The number of fused-ring (bicyclic) bond motifs is 1. The molecule has 1 amide bonds. The van der Waals surface area contributed by atoms with Crippen molar-refractivity contribution in [3.05, 3.63) is 72.2 Å². The Hall–Kier alpha value is -2.59. The third-order valence-corrected chi connectivity index (χ3v) is 4.66. The Labute approximate surface area is 140 Å². The molecule has 24 heavy (non-hydrogen) atoms. The largest absolute Gasteiger partial charge is 0.469 e. The fourth-order valence-corrected chi connectivity index (χ4v) is 3.16. The van der Waals surface area contributed by atoms with Crippen LogP contribution >= 0.6 is 0 Å². The van der Waals surface area contributed by atoms with Crippen LogP contribution < -0.4 is 5.32 Å². The van der Waals surface area contributed by atoms with Gasteiger partial charge in [-0.1, -0.05) is 36.4 Å². The first kappa shape index (κ1) is 15.0. The van der Waals surface area contributed by atoms with Crippen LogP contribution in [0.4, 0.5) is 0 Å². The molecule has 122 valence electrons. The molecule has 4 rings (SSSR count). The van der Waals surface area contributed by atoms with E-state index in [1.54, 1.807) is 6.26 Å². The van der Waals surface area contributed by atoms with Gasteiger partial charge in [0.05, 0.1) is 12.4 Å². The third-order valence-electron chi connectivity index (χ3n) is 4.66. The molecule has 0 bridgehead atoms. The highest BCUT2D eigenvalue weighted by atomic mass is 16.3. The molecule has 2 aromatic carbocycles. The molecule has 0 unspecified atom stereocenters. The predicted octanol–water partition coefficient (Wildman–Crippen LogP) is 3.39. The lowest BCUT2D eigenvalue weighted by atomic mass is 10.0. The molecule has 1 heterocycles. The van der Waals surface area contributed by atoms with E-state index in [9.17, 15) is 9.90 Å². The highest BCUT2D eigenvalue weighted by Crippen LogP contribution is 2.47. The average molecular weight is 321 g/mol. The van der Waals surface area contributed by atoms with Gasteiger partial charge >= 0.3 is 0 Å². The second-order valence-electron chi connectivity index (χ2n) is 6.33. The smallest absolute Gasteiger partial charge is 0.223 e. The maximum absolute atomic E-state index is 12.2.